The van der Waals surface area contributed by atoms with Gasteiger partial charge < -0.3 is 14.6 Å². The highest BCUT2D eigenvalue weighted by Gasteiger charge is 2.05. The molecule has 1 rings (SSSR count). The molecule has 0 amide bonds. The van der Waals surface area contributed by atoms with Gasteiger partial charge in [0.1, 0.15) is 0 Å². The summed E-state index contributed by atoms with van der Waals surface area (Å²) in [6.07, 6.45) is 0.522. The molecule has 0 unspecified atom stereocenters. The molecule has 0 saturated carbocycles. The van der Waals surface area contributed by atoms with Gasteiger partial charge in [0.25, 0.3) is 0 Å². The lowest BCUT2D eigenvalue weighted by Crippen LogP contribution is -2.15. The Labute approximate surface area is 84.3 Å². The van der Waals surface area contributed by atoms with Crippen molar-refractivity contribution in [2.24, 2.45) is 0 Å². The van der Waals surface area contributed by atoms with Gasteiger partial charge in [0.15, 0.2) is 6.29 Å². The highest BCUT2D eigenvalue weighted by atomic mass is 16.7. The second kappa shape index (κ2) is 5.75. The van der Waals surface area contributed by atoms with E-state index in [2.05, 4.69) is 0 Å². The van der Waals surface area contributed by atoms with Crippen LogP contribution in [0.5, 0.6) is 0 Å². The van der Waals surface area contributed by atoms with Crippen LogP contribution in [0.15, 0.2) is 24.3 Å². The molecule has 0 heterocycles. The lowest BCUT2D eigenvalue weighted by atomic mass is 10.1. The standard InChI is InChI=1S/C11H16O3/c1-13-11(14-2)7-9-3-5-10(8-12)6-4-9/h3-6,11-12H,7-8H2,1-2H3. The van der Waals surface area contributed by atoms with Crippen LogP contribution in [0.1, 0.15) is 11.1 Å². The molecule has 0 radical (unpaired) electrons. The third-order valence-electron chi connectivity index (χ3n) is 2.13. The average Bonchev–Trinajstić information content (AvgIpc) is 2.26. The van der Waals surface area contributed by atoms with Crippen molar-refractivity contribution in [2.75, 3.05) is 14.2 Å². The summed E-state index contributed by atoms with van der Waals surface area (Å²) in [6, 6.07) is 7.74. The van der Waals surface area contributed by atoms with Crippen molar-refractivity contribution in [3.8, 4) is 0 Å². The Kier molecular flexibility index (Phi) is 4.59. The first-order valence-corrected chi connectivity index (χ1v) is 4.54. The summed E-state index contributed by atoms with van der Waals surface area (Å²) in [5.74, 6) is 0. The summed E-state index contributed by atoms with van der Waals surface area (Å²) in [5.41, 5.74) is 2.05. The molecule has 0 aliphatic rings. The van der Waals surface area contributed by atoms with E-state index in [-0.39, 0.29) is 12.9 Å². The Bertz CT molecular complexity index is 252. The largest absolute Gasteiger partial charge is 0.392 e. The predicted molar refractivity (Wildman–Crippen MR) is 53.9 cm³/mol. The normalized spacial score (nSPS) is 10.9. The van der Waals surface area contributed by atoms with E-state index in [4.69, 9.17) is 14.6 Å². The van der Waals surface area contributed by atoms with E-state index in [1.807, 2.05) is 24.3 Å². The number of benzene rings is 1. The summed E-state index contributed by atoms with van der Waals surface area (Å²) >= 11 is 0. The molecule has 1 N–H and O–H groups in total. The van der Waals surface area contributed by atoms with Crippen LogP contribution in [0.2, 0.25) is 0 Å². The molecule has 0 aliphatic carbocycles. The average molecular weight is 196 g/mol. The number of ether oxygens (including phenoxy) is 2. The summed E-state index contributed by atoms with van der Waals surface area (Å²) in [4.78, 5) is 0. The smallest absolute Gasteiger partial charge is 0.160 e. The second-order valence-electron chi connectivity index (χ2n) is 3.08. The van der Waals surface area contributed by atoms with Gasteiger partial charge in [0, 0.05) is 20.6 Å². The van der Waals surface area contributed by atoms with Crippen molar-refractivity contribution < 1.29 is 14.6 Å². The van der Waals surface area contributed by atoms with Crippen molar-refractivity contribution in [2.45, 2.75) is 19.3 Å². The monoisotopic (exact) mass is 196 g/mol. The molecule has 3 nitrogen and oxygen atoms in total. The van der Waals surface area contributed by atoms with Gasteiger partial charge in [0.2, 0.25) is 0 Å². The molecule has 0 atom stereocenters. The zero-order valence-electron chi connectivity index (χ0n) is 8.56. The van der Waals surface area contributed by atoms with Gasteiger partial charge in [-0.25, -0.2) is 0 Å². The van der Waals surface area contributed by atoms with Crippen molar-refractivity contribution >= 4 is 0 Å². The fourth-order valence-corrected chi connectivity index (χ4v) is 1.24. The Morgan fingerprint density at radius 2 is 1.57 bits per heavy atom. The molecule has 78 valence electrons. The molecular weight excluding hydrogens is 180 g/mol. The minimum atomic E-state index is -0.199. The Morgan fingerprint density at radius 1 is 1.07 bits per heavy atom. The van der Waals surface area contributed by atoms with E-state index < -0.39 is 0 Å². The third-order valence-corrected chi connectivity index (χ3v) is 2.13. The van der Waals surface area contributed by atoms with Gasteiger partial charge in [-0.1, -0.05) is 24.3 Å². The van der Waals surface area contributed by atoms with E-state index in [1.165, 1.54) is 0 Å². The highest BCUT2D eigenvalue weighted by molar-refractivity contribution is 5.22. The molecule has 14 heavy (non-hydrogen) atoms. The van der Waals surface area contributed by atoms with Crippen LogP contribution < -0.4 is 0 Å². The molecule has 0 aliphatic heterocycles. The Balaban J connectivity index is 2.58. The second-order valence-corrected chi connectivity index (χ2v) is 3.08. The van der Waals surface area contributed by atoms with Crippen LogP contribution in [0.4, 0.5) is 0 Å². The lowest BCUT2D eigenvalue weighted by Gasteiger charge is -2.13. The van der Waals surface area contributed by atoms with Crippen LogP contribution >= 0.6 is 0 Å². The SMILES string of the molecule is COC(Cc1ccc(CO)cc1)OC. The van der Waals surface area contributed by atoms with Crippen molar-refractivity contribution in [1.82, 2.24) is 0 Å². The van der Waals surface area contributed by atoms with Gasteiger partial charge in [0.05, 0.1) is 6.61 Å². The number of hydrogen-bond acceptors (Lipinski definition) is 3. The topological polar surface area (TPSA) is 38.7 Å². The van der Waals surface area contributed by atoms with Gasteiger partial charge in [-0.3, -0.25) is 0 Å². The van der Waals surface area contributed by atoms with Crippen molar-refractivity contribution in [1.29, 1.82) is 0 Å². The molecule has 1 aromatic carbocycles. The summed E-state index contributed by atoms with van der Waals surface area (Å²) < 4.78 is 10.2. The van der Waals surface area contributed by atoms with Gasteiger partial charge >= 0.3 is 0 Å². The first-order valence-electron chi connectivity index (χ1n) is 4.54. The molecular formula is C11H16O3. The maximum atomic E-state index is 8.85. The van der Waals surface area contributed by atoms with Crippen molar-refractivity contribution in [3.05, 3.63) is 35.4 Å². The maximum Gasteiger partial charge on any atom is 0.160 e. The number of methoxy groups -OCH3 is 2. The first-order chi connectivity index (χ1) is 6.80. The fraction of sp³-hybridized carbons (Fsp3) is 0.455. The summed E-state index contributed by atoms with van der Waals surface area (Å²) in [5, 5.41) is 8.85. The van der Waals surface area contributed by atoms with Gasteiger partial charge in [-0.05, 0) is 11.1 Å². The minimum Gasteiger partial charge on any atom is -0.392 e. The van der Waals surface area contributed by atoms with Gasteiger partial charge in [-0.15, -0.1) is 0 Å². The minimum absolute atomic E-state index is 0.0816. The number of aliphatic hydroxyl groups excluding tert-OH is 1. The van der Waals surface area contributed by atoms with Crippen LogP contribution in [0, 0.1) is 0 Å². The van der Waals surface area contributed by atoms with E-state index in [0.29, 0.717) is 0 Å². The van der Waals surface area contributed by atoms with E-state index in [9.17, 15) is 0 Å². The lowest BCUT2D eigenvalue weighted by molar-refractivity contribution is -0.100. The van der Waals surface area contributed by atoms with E-state index >= 15 is 0 Å². The first kappa shape index (κ1) is 11.2. The maximum absolute atomic E-state index is 8.85. The number of hydrogen-bond donors (Lipinski definition) is 1. The fourth-order valence-electron chi connectivity index (χ4n) is 1.24. The quantitative estimate of drug-likeness (QED) is 0.722. The van der Waals surface area contributed by atoms with Crippen molar-refractivity contribution in [3.63, 3.8) is 0 Å². The zero-order valence-corrected chi connectivity index (χ0v) is 8.56. The Morgan fingerprint density at radius 3 is 2.00 bits per heavy atom. The molecule has 3 heteroatoms. The van der Waals surface area contributed by atoms with Crippen LogP contribution in [-0.2, 0) is 22.5 Å². The molecule has 0 fully saturated rings. The molecule has 0 saturated heterocycles. The van der Waals surface area contributed by atoms with E-state index in [1.54, 1.807) is 14.2 Å². The third kappa shape index (κ3) is 3.10. The van der Waals surface area contributed by atoms with Gasteiger partial charge in [-0.2, -0.15) is 0 Å². The summed E-state index contributed by atoms with van der Waals surface area (Å²) in [7, 11) is 3.24. The van der Waals surface area contributed by atoms with E-state index in [0.717, 1.165) is 17.5 Å². The van der Waals surface area contributed by atoms with Crippen LogP contribution in [0.25, 0.3) is 0 Å². The van der Waals surface area contributed by atoms with Crippen LogP contribution in [0.3, 0.4) is 0 Å². The Hall–Kier alpha value is -0.900. The zero-order chi connectivity index (χ0) is 10.4. The molecule has 0 spiro atoms. The highest BCUT2D eigenvalue weighted by Crippen LogP contribution is 2.08. The number of aliphatic hydroxyl groups is 1. The van der Waals surface area contributed by atoms with Crippen LogP contribution in [-0.4, -0.2) is 25.6 Å². The predicted octanol–water partition coefficient (Wildman–Crippen LogP) is 1.34. The molecule has 0 aromatic heterocycles. The molecule has 1 aromatic rings. The summed E-state index contributed by atoms with van der Waals surface area (Å²) in [6.45, 7) is 0.0816. The molecule has 0 bridgehead atoms. The number of rotatable bonds is 5.